The van der Waals surface area contributed by atoms with Gasteiger partial charge >= 0.3 is 12.2 Å². The van der Waals surface area contributed by atoms with Crippen molar-refractivity contribution in [2.75, 3.05) is 82.0 Å². The maximum absolute atomic E-state index is 12.8. The van der Waals surface area contributed by atoms with Gasteiger partial charge in [-0.2, -0.15) is 0 Å². The summed E-state index contributed by atoms with van der Waals surface area (Å²) in [5.74, 6) is 1.66. The quantitative estimate of drug-likeness (QED) is 0.277. The molecule has 1 fully saturated rings. The van der Waals surface area contributed by atoms with Crippen molar-refractivity contribution >= 4 is 63.5 Å². The molecule has 44 heavy (non-hydrogen) atoms. The number of halogens is 1. The highest BCUT2D eigenvalue weighted by molar-refractivity contribution is 7.17. The number of thiazole rings is 1. The number of likely N-dealkylation sites (N-methyl/N-ethyl adjacent to an activating group) is 2. The standard InChI is InChI=1S/C28H36ClN9O5S/c1-18-6-5-7-20(29)24(18)34-25(39)21-17-30-26(44-21)33-22-16-23(32-19(2)31-22)38-12-10-37(11-13-38)14-15-43-28(42)36(4)9-8-35(3)27(40)41/h5-7,16-17H,8-15H2,1-4H3,(H,34,39)(H,40,41)(H,30,31,32,33). The van der Waals surface area contributed by atoms with E-state index in [0.717, 1.165) is 42.5 Å². The van der Waals surface area contributed by atoms with Gasteiger partial charge in [-0.1, -0.05) is 35.1 Å². The molecule has 3 N–H and O–H groups in total. The monoisotopic (exact) mass is 645 g/mol. The van der Waals surface area contributed by atoms with E-state index in [1.807, 2.05) is 32.0 Å². The highest BCUT2D eigenvalue weighted by atomic mass is 35.5. The molecule has 0 radical (unpaired) electrons. The Morgan fingerprint density at radius 3 is 2.52 bits per heavy atom. The Kier molecular flexibility index (Phi) is 11.1. The average Bonchev–Trinajstić information content (AvgIpc) is 3.46. The summed E-state index contributed by atoms with van der Waals surface area (Å²) < 4.78 is 5.36. The second kappa shape index (κ2) is 15.0. The number of piperazine rings is 1. The summed E-state index contributed by atoms with van der Waals surface area (Å²) in [6.45, 7) is 7.97. The molecule has 0 spiro atoms. The van der Waals surface area contributed by atoms with E-state index < -0.39 is 12.2 Å². The number of para-hydroxylation sites is 1. The molecule has 16 heteroatoms. The Morgan fingerprint density at radius 1 is 1.09 bits per heavy atom. The highest BCUT2D eigenvalue weighted by Crippen LogP contribution is 2.28. The van der Waals surface area contributed by atoms with Gasteiger partial charge in [0.05, 0.1) is 16.9 Å². The Bertz CT molecular complexity index is 1460. The van der Waals surface area contributed by atoms with Gasteiger partial charge in [-0.15, -0.1) is 0 Å². The van der Waals surface area contributed by atoms with Gasteiger partial charge in [-0.25, -0.2) is 24.5 Å². The van der Waals surface area contributed by atoms with Crippen LogP contribution >= 0.6 is 22.9 Å². The lowest BCUT2D eigenvalue weighted by Crippen LogP contribution is -2.48. The summed E-state index contributed by atoms with van der Waals surface area (Å²) in [6, 6.07) is 7.29. The van der Waals surface area contributed by atoms with Crippen LogP contribution < -0.4 is 15.5 Å². The molecule has 3 heterocycles. The summed E-state index contributed by atoms with van der Waals surface area (Å²) in [5.41, 5.74) is 1.44. The van der Waals surface area contributed by atoms with Gasteiger partial charge < -0.3 is 35.2 Å². The lowest BCUT2D eigenvalue weighted by molar-refractivity contribution is 0.0927. The zero-order chi connectivity index (χ0) is 31.8. The lowest BCUT2D eigenvalue weighted by atomic mass is 10.2. The normalized spacial score (nSPS) is 13.3. The number of hydrogen-bond donors (Lipinski definition) is 3. The predicted octanol–water partition coefficient (Wildman–Crippen LogP) is 4.00. The summed E-state index contributed by atoms with van der Waals surface area (Å²) in [7, 11) is 3.03. The number of nitrogens with one attached hydrogen (secondary N) is 2. The maximum atomic E-state index is 12.8. The zero-order valence-corrected chi connectivity index (χ0v) is 26.6. The van der Waals surface area contributed by atoms with E-state index in [0.29, 0.717) is 38.9 Å². The minimum absolute atomic E-state index is 0.203. The molecule has 1 aliphatic heterocycles. The van der Waals surface area contributed by atoms with Crippen molar-refractivity contribution in [1.82, 2.24) is 29.7 Å². The Morgan fingerprint density at radius 2 is 1.82 bits per heavy atom. The Balaban J connectivity index is 1.25. The van der Waals surface area contributed by atoms with Crippen molar-refractivity contribution < 1.29 is 24.2 Å². The van der Waals surface area contributed by atoms with Gasteiger partial charge in [0.2, 0.25) is 0 Å². The molecule has 0 saturated carbocycles. The van der Waals surface area contributed by atoms with E-state index in [1.54, 1.807) is 13.1 Å². The first-order valence-corrected chi connectivity index (χ1v) is 15.1. The van der Waals surface area contributed by atoms with Crippen LogP contribution in [0.2, 0.25) is 5.02 Å². The molecule has 1 saturated heterocycles. The Hall–Kier alpha value is -4.21. The van der Waals surface area contributed by atoms with Crippen LogP contribution in [0, 0.1) is 13.8 Å². The fraction of sp³-hybridized carbons (Fsp3) is 0.429. The van der Waals surface area contributed by atoms with Crippen molar-refractivity contribution in [3.63, 3.8) is 0 Å². The van der Waals surface area contributed by atoms with Gasteiger partial charge in [-0.05, 0) is 25.5 Å². The summed E-state index contributed by atoms with van der Waals surface area (Å²) in [6.07, 6.45) is -0.0194. The molecule has 0 unspecified atom stereocenters. The molecule has 2 aromatic heterocycles. The van der Waals surface area contributed by atoms with E-state index in [1.165, 1.54) is 29.5 Å². The molecular formula is C28H36ClN9O5S. The molecule has 0 atom stereocenters. The molecule has 236 valence electrons. The minimum atomic E-state index is -1.05. The molecule has 1 aromatic carbocycles. The third-order valence-corrected chi connectivity index (χ3v) is 8.21. The first-order valence-electron chi connectivity index (χ1n) is 13.9. The van der Waals surface area contributed by atoms with Crippen LogP contribution in [0.5, 0.6) is 0 Å². The summed E-state index contributed by atoms with van der Waals surface area (Å²) >= 11 is 7.46. The number of anilines is 4. The molecule has 0 bridgehead atoms. The van der Waals surface area contributed by atoms with Crippen LogP contribution in [0.15, 0.2) is 30.5 Å². The number of aryl methyl sites for hydroxylation is 2. The number of carbonyl (C=O) groups excluding carboxylic acids is 2. The van der Waals surface area contributed by atoms with Crippen LogP contribution in [0.1, 0.15) is 21.1 Å². The van der Waals surface area contributed by atoms with Crippen LogP contribution in [-0.4, -0.2) is 119 Å². The van der Waals surface area contributed by atoms with Gasteiger partial charge in [0.1, 0.15) is 28.9 Å². The molecule has 4 rings (SSSR count). The number of rotatable bonds is 11. The maximum Gasteiger partial charge on any atom is 0.409 e. The van der Waals surface area contributed by atoms with Crippen molar-refractivity contribution in [2.24, 2.45) is 0 Å². The minimum Gasteiger partial charge on any atom is -0.465 e. The third-order valence-electron chi connectivity index (χ3n) is 6.99. The van der Waals surface area contributed by atoms with E-state index in [9.17, 15) is 14.4 Å². The molecule has 0 aliphatic carbocycles. The van der Waals surface area contributed by atoms with Gasteiger partial charge in [0.15, 0.2) is 5.13 Å². The topological polar surface area (TPSA) is 156 Å². The molecule has 3 aromatic rings. The van der Waals surface area contributed by atoms with Gasteiger partial charge in [0, 0.05) is 66.0 Å². The third kappa shape index (κ3) is 8.90. The first kappa shape index (κ1) is 32.7. The van der Waals surface area contributed by atoms with Crippen molar-refractivity contribution in [3.05, 3.63) is 51.7 Å². The average molecular weight is 646 g/mol. The molecule has 1 aliphatic rings. The number of benzene rings is 1. The first-order chi connectivity index (χ1) is 21.0. The van der Waals surface area contributed by atoms with Crippen molar-refractivity contribution in [1.29, 1.82) is 0 Å². The van der Waals surface area contributed by atoms with Gasteiger partial charge in [0.25, 0.3) is 5.91 Å². The number of carboxylic acid groups (broad SMARTS) is 1. The van der Waals surface area contributed by atoms with E-state index >= 15 is 0 Å². The summed E-state index contributed by atoms with van der Waals surface area (Å²) in [4.78, 5) is 56.6. The van der Waals surface area contributed by atoms with Crippen LogP contribution in [-0.2, 0) is 4.74 Å². The molecular weight excluding hydrogens is 610 g/mol. The highest BCUT2D eigenvalue weighted by Gasteiger charge is 2.21. The Labute approximate surface area is 264 Å². The van der Waals surface area contributed by atoms with Crippen LogP contribution in [0.4, 0.5) is 32.0 Å². The van der Waals surface area contributed by atoms with E-state index in [4.69, 9.17) is 21.4 Å². The van der Waals surface area contributed by atoms with Crippen LogP contribution in [0.25, 0.3) is 0 Å². The smallest absolute Gasteiger partial charge is 0.409 e. The van der Waals surface area contributed by atoms with E-state index in [2.05, 4.69) is 35.4 Å². The van der Waals surface area contributed by atoms with Crippen molar-refractivity contribution in [2.45, 2.75) is 13.8 Å². The second-order valence-corrected chi connectivity index (χ2v) is 11.7. The number of aromatic nitrogens is 3. The zero-order valence-electron chi connectivity index (χ0n) is 25.0. The van der Waals surface area contributed by atoms with Crippen molar-refractivity contribution in [3.8, 4) is 0 Å². The van der Waals surface area contributed by atoms with Crippen LogP contribution in [0.3, 0.4) is 0 Å². The van der Waals surface area contributed by atoms with E-state index in [-0.39, 0.29) is 25.6 Å². The predicted molar refractivity (Wildman–Crippen MR) is 170 cm³/mol. The number of amides is 3. The largest absolute Gasteiger partial charge is 0.465 e. The SMILES string of the molecule is Cc1nc(Nc2ncc(C(=O)Nc3c(C)cccc3Cl)s2)cc(N2CCN(CCOC(=O)N(C)CCN(C)C(=O)O)CC2)n1. The number of nitrogens with zero attached hydrogens (tertiary/aromatic N) is 7. The summed E-state index contributed by atoms with van der Waals surface area (Å²) in [5, 5.41) is 16.0. The second-order valence-electron chi connectivity index (χ2n) is 10.3. The lowest BCUT2D eigenvalue weighted by Gasteiger charge is -2.35. The number of carbonyl (C=O) groups is 3. The molecule has 3 amide bonds. The number of ether oxygens (including phenoxy) is 1. The fourth-order valence-corrected chi connectivity index (χ4v) is 5.34. The molecule has 14 nitrogen and oxygen atoms in total. The van der Waals surface area contributed by atoms with Gasteiger partial charge in [-0.3, -0.25) is 9.69 Å². The number of hydrogen-bond acceptors (Lipinski definition) is 11. The fourth-order valence-electron chi connectivity index (χ4n) is 4.35.